The third-order valence-corrected chi connectivity index (χ3v) is 5.85. The van der Waals surface area contributed by atoms with Gasteiger partial charge in [-0.15, -0.1) is 0 Å². The van der Waals surface area contributed by atoms with Crippen LogP contribution in [0.3, 0.4) is 0 Å². The number of nitrogens with two attached hydrogens (primary N) is 1. The molecule has 4 atom stereocenters. The molecular formula is C16H29N. The summed E-state index contributed by atoms with van der Waals surface area (Å²) in [7, 11) is 0. The molecule has 3 aliphatic carbocycles. The summed E-state index contributed by atoms with van der Waals surface area (Å²) in [6.45, 7) is 0. The van der Waals surface area contributed by atoms with E-state index in [1.807, 2.05) is 0 Å². The van der Waals surface area contributed by atoms with Gasteiger partial charge in [0.15, 0.2) is 0 Å². The predicted molar refractivity (Wildman–Crippen MR) is 72.7 cm³/mol. The average Bonchev–Trinajstić information content (AvgIpc) is 2.92. The standard InChI is InChI=1S/C16H29N/c17-16(10-12-4-2-1-3-5-12)11-15-9-13-6-7-14(15)8-13/h12-16H,1-11,17H2. The zero-order valence-electron chi connectivity index (χ0n) is 11.2. The van der Waals surface area contributed by atoms with Crippen LogP contribution in [0.4, 0.5) is 0 Å². The van der Waals surface area contributed by atoms with E-state index < -0.39 is 0 Å². The third-order valence-electron chi connectivity index (χ3n) is 5.85. The van der Waals surface area contributed by atoms with Crippen LogP contribution in [-0.4, -0.2) is 6.04 Å². The van der Waals surface area contributed by atoms with Crippen molar-refractivity contribution in [3.8, 4) is 0 Å². The molecule has 1 heteroatoms. The molecule has 3 rings (SSSR count). The molecular weight excluding hydrogens is 206 g/mol. The van der Waals surface area contributed by atoms with Crippen molar-refractivity contribution in [3.05, 3.63) is 0 Å². The van der Waals surface area contributed by atoms with E-state index in [0.29, 0.717) is 6.04 Å². The van der Waals surface area contributed by atoms with E-state index in [1.165, 1.54) is 64.2 Å². The maximum absolute atomic E-state index is 6.42. The van der Waals surface area contributed by atoms with Crippen molar-refractivity contribution in [1.29, 1.82) is 0 Å². The second kappa shape index (κ2) is 5.30. The smallest absolute Gasteiger partial charge is 0.00442 e. The van der Waals surface area contributed by atoms with Gasteiger partial charge in [-0.3, -0.25) is 0 Å². The Morgan fingerprint density at radius 3 is 2.35 bits per heavy atom. The second-order valence-electron chi connectivity index (χ2n) is 7.17. The molecule has 0 aromatic rings. The third kappa shape index (κ3) is 2.86. The SMILES string of the molecule is NC(CC1CCCCC1)CC1CC2CCC1C2. The Bertz CT molecular complexity index is 244. The molecule has 0 aromatic carbocycles. The molecule has 98 valence electrons. The minimum absolute atomic E-state index is 0.516. The van der Waals surface area contributed by atoms with Crippen molar-refractivity contribution in [3.63, 3.8) is 0 Å². The highest BCUT2D eigenvalue weighted by Crippen LogP contribution is 2.50. The van der Waals surface area contributed by atoms with Gasteiger partial charge in [0.05, 0.1) is 0 Å². The molecule has 4 unspecified atom stereocenters. The molecule has 0 amide bonds. The van der Waals surface area contributed by atoms with Crippen LogP contribution in [0.5, 0.6) is 0 Å². The number of rotatable bonds is 4. The van der Waals surface area contributed by atoms with Gasteiger partial charge in [0.25, 0.3) is 0 Å². The Balaban J connectivity index is 1.42. The number of hydrogen-bond acceptors (Lipinski definition) is 1. The van der Waals surface area contributed by atoms with Crippen molar-refractivity contribution >= 4 is 0 Å². The summed E-state index contributed by atoms with van der Waals surface area (Å²) in [5.74, 6) is 4.13. The second-order valence-corrected chi connectivity index (χ2v) is 7.17. The van der Waals surface area contributed by atoms with E-state index >= 15 is 0 Å². The Kier molecular flexibility index (Phi) is 3.75. The minimum Gasteiger partial charge on any atom is -0.328 e. The van der Waals surface area contributed by atoms with Crippen LogP contribution in [0, 0.1) is 23.7 Å². The van der Waals surface area contributed by atoms with Gasteiger partial charge in [0, 0.05) is 6.04 Å². The Hall–Kier alpha value is -0.0400. The maximum Gasteiger partial charge on any atom is 0.00442 e. The van der Waals surface area contributed by atoms with Crippen molar-refractivity contribution < 1.29 is 0 Å². The van der Waals surface area contributed by atoms with Gasteiger partial charge in [-0.25, -0.2) is 0 Å². The van der Waals surface area contributed by atoms with Crippen LogP contribution in [0.25, 0.3) is 0 Å². The van der Waals surface area contributed by atoms with Crippen LogP contribution >= 0.6 is 0 Å². The van der Waals surface area contributed by atoms with Gasteiger partial charge < -0.3 is 5.73 Å². The normalized spacial score (nSPS) is 39.7. The predicted octanol–water partition coefficient (Wildman–Crippen LogP) is 4.11. The van der Waals surface area contributed by atoms with E-state index in [4.69, 9.17) is 5.73 Å². The highest BCUT2D eigenvalue weighted by atomic mass is 14.6. The highest BCUT2D eigenvalue weighted by molar-refractivity contribution is 4.91. The van der Waals surface area contributed by atoms with E-state index in [2.05, 4.69) is 0 Å². The number of fused-ring (bicyclic) bond motifs is 2. The zero-order valence-corrected chi connectivity index (χ0v) is 11.2. The van der Waals surface area contributed by atoms with E-state index in [-0.39, 0.29) is 0 Å². The van der Waals surface area contributed by atoms with E-state index in [1.54, 1.807) is 6.42 Å². The average molecular weight is 235 g/mol. The maximum atomic E-state index is 6.42. The summed E-state index contributed by atoms with van der Waals surface area (Å²) in [5, 5.41) is 0. The highest BCUT2D eigenvalue weighted by Gasteiger charge is 2.39. The first-order valence-corrected chi connectivity index (χ1v) is 8.07. The molecule has 0 heterocycles. The summed E-state index contributed by atoms with van der Waals surface area (Å²) in [6.07, 6.45) is 16.1. The van der Waals surface area contributed by atoms with Gasteiger partial charge in [-0.2, -0.15) is 0 Å². The molecule has 0 spiro atoms. The zero-order chi connectivity index (χ0) is 11.7. The van der Waals surface area contributed by atoms with Crippen LogP contribution in [0.2, 0.25) is 0 Å². The van der Waals surface area contributed by atoms with Crippen molar-refractivity contribution in [2.24, 2.45) is 29.4 Å². The van der Waals surface area contributed by atoms with Gasteiger partial charge in [0.1, 0.15) is 0 Å². The summed E-state index contributed by atoms with van der Waals surface area (Å²) in [5.41, 5.74) is 6.42. The van der Waals surface area contributed by atoms with Crippen molar-refractivity contribution in [1.82, 2.24) is 0 Å². The molecule has 3 fully saturated rings. The summed E-state index contributed by atoms with van der Waals surface area (Å²) < 4.78 is 0. The van der Waals surface area contributed by atoms with Crippen molar-refractivity contribution in [2.45, 2.75) is 76.7 Å². The van der Waals surface area contributed by atoms with Crippen LogP contribution < -0.4 is 5.73 Å². The molecule has 0 aromatic heterocycles. The lowest BCUT2D eigenvalue weighted by molar-refractivity contribution is 0.257. The lowest BCUT2D eigenvalue weighted by Crippen LogP contribution is -2.29. The Morgan fingerprint density at radius 2 is 1.71 bits per heavy atom. The van der Waals surface area contributed by atoms with Gasteiger partial charge in [-0.05, 0) is 55.8 Å². The van der Waals surface area contributed by atoms with Gasteiger partial charge in [-0.1, -0.05) is 38.5 Å². The fourth-order valence-electron chi connectivity index (χ4n) is 5.00. The number of hydrogen-bond donors (Lipinski definition) is 1. The fourth-order valence-corrected chi connectivity index (χ4v) is 5.00. The molecule has 0 saturated heterocycles. The van der Waals surface area contributed by atoms with E-state index in [0.717, 1.165) is 23.7 Å². The van der Waals surface area contributed by atoms with Crippen LogP contribution in [0.1, 0.15) is 70.6 Å². The Labute approximate surface area is 107 Å². The molecule has 3 saturated carbocycles. The molecule has 0 aliphatic heterocycles. The molecule has 3 aliphatic rings. The van der Waals surface area contributed by atoms with Crippen LogP contribution in [-0.2, 0) is 0 Å². The summed E-state index contributed by atoms with van der Waals surface area (Å²) in [6, 6.07) is 0.516. The molecule has 17 heavy (non-hydrogen) atoms. The summed E-state index contributed by atoms with van der Waals surface area (Å²) in [4.78, 5) is 0. The molecule has 2 N–H and O–H groups in total. The van der Waals surface area contributed by atoms with Crippen molar-refractivity contribution in [2.75, 3.05) is 0 Å². The summed E-state index contributed by atoms with van der Waals surface area (Å²) >= 11 is 0. The topological polar surface area (TPSA) is 26.0 Å². The monoisotopic (exact) mass is 235 g/mol. The first-order chi connectivity index (χ1) is 8.31. The van der Waals surface area contributed by atoms with Gasteiger partial charge in [0.2, 0.25) is 0 Å². The fraction of sp³-hybridized carbons (Fsp3) is 1.00. The van der Waals surface area contributed by atoms with E-state index in [9.17, 15) is 0 Å². The lowest BCUT2D eigenvalue weighted by atomic mass is 9.80. The largest absolute Gasteiger partial charge is 0.328 e. The lowest BCUT2D eigenvalue weighted by Gasteiger charge is -2.28. The van der Waals surface area contributed by atoms with Crippen LogP contribution in [0.15, 0.2) is 0 Å². The minimum atomic E-state index is 0.516. The molecule has 0 radical (unpaired) electrons. The molecule has 1 nitrogen and oxygen atoms in total. The quantitative estimate of drug-likeness (QED) is 0.779. The first kappa shape index (κ1) is 12.0. The first-order valence-electron chi connectivity index (χ1n) is 8.07. The van der Waals surface area contributed by atoms with Gasteiger partial charge >= 0.3 is 0 Å². The molecule has 2 bridgehead atoms. The Morgan fingerprint density at radius 1 is 0.882 bits per heavy atom.